The van der Waals surface area contributed by atoms with Crippen LogP contribution in [0.3, 0.4) is 0 Å². The Morgan fingerprint density at radius 1 is 1.40 bits per heavy atom. The van der Waals surface area contributed by atoms with Crippen LogP contribution in [0.5, 0.6) is 0 Å². The van der Waals surface area contributed by atoms with Gasteiger partial charge in [0.15, 0.2) is 0 Å². The maximum atomic E-state index is 4.53. The van der Waals surface area contributed by atoms with E-state index in [0.717, 1.165) is 31.8 Å². The molecule has 0 fully saturated rings. The first-order valence-corrected chi connectivity index (χ1v) is 7.89. The average molecular weight is 291 g/mol. The molecule has 3 heterocycles. The van der Waals surface area contributed by atoms with Gasteiger partial charge < -0.3 is 5.32 Å². The van der Waals surface area contributed by atoms with Crippen molar-refractivity contribution in [2.45, 2.75) is 58.2 Å². The lowest BCUT2D eigenvalue weighted by Gasteiger charge is -2.23. The summed E-state index contributed by atoms with van der Waals surface area (Å²) in [7, 11) is 0. The van der Waals surface area contributed by atoms with Crippen LogP contribution >= 0.6 is 11.3 Å². The van der Waals surface area contributed by atoms with E-state index < -0.39 is 0 Å². The molecule has 0 spiro atoms. The molecule has 2 aromatic heterocycles. The average Bonchev–Trinajstić information content (AvgIpc) is 3.04. The van der Waals surface area contributed by atoms with Crippen LogP contribution in [0.15, 0.2) is 12.5 Å². The fourth-order valence-corrected chi connectivity index (χ4v) is 3.31. The quantitative estimate of drug-likeness (QED) is 0.941. The number of fused-ring (bicyclic) bond motifs is 1. The molecule has 108 valence electrons. The second-order valence-corrected chi connectivity index (χ2v) is 7.47. The molecule has 1 aliphatic rings. The lowest BCUT2D eigenvalue weighted by atomic mass is 9.98. The van der Waals surface area contributed by atoms with Crippen molar-refractivity contribution in [2.75, 3.05) is 0 Å². The molecule has 1 N–H and O–H groups in total. The van der Waals surface area contributed by atoms with E-state index in [1.165, 1.54) is 9.88 Å². The van der Waals surface area contributed by atoms with Crippen molar-refractivity contribution in [1.29, 1.82) is 0 Å². The monoisotopic (exact) mass is 291 g/mol. The van der Waals surface area contributed by atoms with Gasteiger partial charge >= 0.3 is 0 Å². The number of aryl methyl sites for hydroxylation is 1. The molecule has 3 rings (SSSR count). The molecule has 5 nitrogen and oxygen atoms in total. The Balaban J connectivity index is 1.57. The van der Waals surface area contributed by atoms with E-state index in [1.807, 2.05) is 22.2 Å². The first-order chi connectivity index (χ1) is 9.52. The predicted molar refractivity (Wildman–Crippen MR) is 79.8 cm³/mol. The van der Waals surface area contributed by atoms with Crippen LogP contribution in [0.25, 0.3) is 0 Å². The molecular weight excluding hydrogens is 270 g/mol. The van der Waals surface area contributed by atoms with Gasteiger partial charge in [0.2, 0.25) is 0 Å². The highest BCUT2D eigenvalue weighted by Gasteiger charge is 2.21. The summed E-state index contributed by atoms with van der Waals surface area (Å²) in [5.41, 5.74) is 0.142. The fraction of sp³-hybridized carbons (Fsp3) is 0.643. The minimum atomic E-state index is 0.142. The van der Waals surface area contributed by atoms with Crippen LogP contribution in [0, 0.1) is 0 Å². The number of aromatic nitrogens is 4. The van der Waals surface area contributed by atoms with Crippen LogP contribution in [0.1, 0.15) is 42.9 Å². The van der Waals surface area contributed by atoms with Gasteiger partial charge in [0, 0.05) is 35.5 Å². The molecule has 20 heavy (non-hydrogen) atoms. The van der Waals surface area contributed by atoms with Crippen LogP contribution in [0.4, 0.5) is 0 Å². The zero-order chi connectivity index (χ0) is 14.2. The first kappa shape index (κ1) is 13.7. The van der Waals surface area contributed by atoms with Gasteiger partial charge in [0.1, 0.15) is 12.2 Å². The van der Waals surface area contributed by atoms with E-state index >= 15 is 0 Å². The van der Waals surface area contributed by atoms with Gasteiger partial charge in [0.25, 0.3) is 0 Å². The summed E-state index contributed by atoms with van der Waals surface area (Å²) >= 11 is 1.81. The smallest absolute Gasteiger partial charge is 0.138 e. The Bertz CT molecular complexity index is 580. The van der Waals surface area contributed by atoms with Gasteiger partial charge in [-0.1, -0.05) is 20.8 Å². The molecule has 1 aliphatic heterocycles. The SMILES string of the molecule is CC(C)(C)c1ncc(CN[C@@H]2CCc3ncnn3C2)s1. The maximum Gasteiger partial charge on any atom is 0.138 e. The van der Waals surface area contributed by atoms with E-state index in [1.54, 1.807) is 6.33 Å². The minimum absolute atomic E-state index is 0.142. The van der Waals surface area contributed by atoms with Crippen LogP contribution in [-0.2, 0) is 24.9 Å². The van der Waals surface area contributed by atoms with Crippen molar-refractivity contribution < 1.29 is 0 Å². The van der Waals surface area contributed by atoms with Gasteiger partial charge in [-0.2, -0.15) is 5.10 Å². The predicted octanol–water partition coefficient (Wildman–Crippen LogP) is 2.14. The highest BCUT2D eigenvalue weighted by molar-refractivity contribution is 7.11. The first-order valence-electron chi connectivity index (χ1n) is 7.07. The number of hydrogen-bond donors (Lipinski definition) is 1. The Morgan fingerprint density at radius 2 is 2.25 bits per heavy atom. The highest BCUT2D eigenvalue weighted by Crippen LogP contribution is 2.26. The van der Waals surface area contributed by atoms with E-state index in [9.17, 15) is 0 Å². The highest BCUT2D eigenvalue weighted by atomic mass is 32.1. The summed E-state index contributed by atoms with van der Waals surface area (Å²) in [6.07, 6.45) is 5.79. The fourth-order valence-electron chi connectivity index (χ4n) is 2.39. The van der Waals surface area contributed by atoms with Crippen molar-refractivity contribution in [3.8, 4) is 0 Å². The Labute approximate surface area is 123 Å². The van der Waals surface area contributed by atoms with Crippen molar-refractivity contribution in [3.05, 3.63) is 28.2 Å². The van der Waals surface area contributed by atoms with Gasteiger partial charge in [0.05, 0.1) is 11.6 Å². The van der Waals surface area contributed by atoms with Crippen molar-refractivity contribution in [2.24, 2.45) is 0 Å². The maximum absolute atomic E-state index is 4.53. The van der Waals surface area contributed by atoms with Crippen molar-refractivity contribution in [1.82, 2.24) is 25.1 Å². The lowest BCUT2D eigenvalue weighted by Crippen LogP contribution is -2.37. The third-order valence-corrected chi connectivity index (χ3v) is 4.99. The largest absolute Gasteiger partial charge is 0.307 e. The van der Waals surface area contributed by atoms with Gasteiger partial charge in [-0.25, -0.2) is 14.6 Å². The second kappa shape index (κ2) is 5.26. The Hall–Kier alpha value is -1.27. The molecule has 0 unspecified atom stereocenters. The molecule has 2 aromatic rings. The standard InChI is InChI=1S/C14H21N5S/c1-14(2,3)13-16-7-11(20-13)6-15-10-4-5-12-17-9-18-19(12)8-10/h7,9-10,15H,4-6,8H2,1-3H3/t10-/m1/s1. The molecule has 1 atom stereocenters. The molecular formula is C14H21N5S. The molecule has 0 aromatic carbocycles. The summed E-state index contributed by atoms with van der Waals surface area (Å²) in [6, 6.07) is 0.476. The molecule has 0 amide bonds. The van der Waals surface area contributed by atoms with Crippen molar-refractivity contribution in [3.63, 3.8) is 0 Å². The normalized spacial score (nSPS) is 19.1. The molecule has 0 saturated heterocycles. The summed E-state index contributed by atoms with van der Waals surface area (Å²) in [5, 5.41) is 9.07. The number of nitrogens with one attached hydrogen (secondary N) is 1. The zero-order valence-electron chi connectivity index (χ0n) is 12.3. The van der Waals surface area contributed by atoms with Gasteiger partial charge in [-0.3, -0.25) is 0 Å². The van der Waals surface area contributed by atoms with Crippen LogP contribution in [-0.4, -0.2) is 25.8 Å². The summed E-state index contributed by atoms with van der Waals surface area (Å²) in [4.78, 5) is 10.1. The number of rotatable bonds is 3. The Kier molecular flexibility index (Phi) is 3.60. The van der Waals surface area contributed by atoms with Crippen LogP contribution < -0.4 is 5.32 Å². The van der Waals surface area contributed by atoms with E-state index in [-0.39, 0.29) is 5.41 Å². The van der Waals surface area contributed by atoms with E-state index in [0.29, 0.717) is 6.04 Å². The zero-order valence-corrected chi connectivity index (χ0v) is 13.1. The van der Waals surface area contributed by atoms with Crippen LogP contribution in [0.2, 0.25) is 0 Å². The number of thiazole rings is 1. The lowest BCUT2D eigenvalue weighted by molar-refractivity contribution is 0.359. The molecule has 6 heteroatoms. The molecule has 0 radical (unpaired) electrons. The molecule has 0 aliphatic carbocycles. The third-order valence-electron chi connectivity index (χ3n) is 3.57. The van der Waals surface area contributed by atoms with Gasteiger partial charge in [-0.05, 0) is 6.42 Å². The van der Waals surface area contributed by atoms with E-state index in [4.69, 9.17) is 0 Å². The third kappa shape index (κ3) is 2.91. The second-order valence-electron chi connectivity index (χ2n) is 6.36. The number of hydrogen-bond acceptors (Lipinski definition) is 5. The molecule has 0 saturated carbocycles. The van der Waals surface area contributed by atoms with Crippen molar-refractivity contribution >= 4 is 11.3 Å². The summed E-state index contributed by atoms with van der Waals surface area (Å²) in [5.74, 6) is 1.11. The number of nitrogens with zero attached hydrogens (tertiary/aromatic N) is 4. The molecule has 0 bridgehead atoms. The topological polar surface area (TPSA) is 55.6 Å². The summed E-state index contributed by atoms with van der Waals surface area (Å²) in [6.45, 7) is 8.42. The Morgan fingerprint density at radius 3 is 3.00 bits per heavy atom. The summed E-state index contributed by atoms with van der Waals surface area (Å²) < 4.78 is 2.01. The van der Waals surface area contributed by atoms with Gasteiger partial charge in [-0.15, -0.1) is 11.3 Å². The minimum Gasteiger partial charge on any atom is -0.307 e. The van der Waals surface area contributed by atoms with E-state index in [2.05, 4.69) is 41.2 Å².